The molecule has 0 spiro atoms. The number of carbonyl (C=O) groups is 1. The summed E-state index contributed by atoms with van der Waals surface area (Å²) in [6.07, 6.45) is 6.29. The van der Waals surface area contributed by atoms with Gasteiger partial charge in [0.25, 0.3) is 0 Å². The molecule has 1 N–H and O–H groups in total. The molecule has 1 atom stereocenters. The van der Waals surface area contributed by atoms with E-state index in [9.17, 15) is 4.79 Å². The number of rotatable bonds is 9. The molecule has 7 nitrogen and oxygen atoms in total. The zero-order valence-electron chi connectivity index (χ0n) is 17.8. The van der Waals surface area contributed by atoms with E-state index in [1.165, 1.54) is 0 Å². The van der Waals surface area contributed by atoms with Crippen molar-refractivity contribution < 1.29 is 23.7 Å². The van der Waals surface area contributed by atoms with Gasteiger partial charge >= 0.3 is 0 Å². The number of hydrogen-bond donors (Lipinski definition) is 1. The first-order chi connectivity index (χ1) is 14.7. The number of aromatic nitrogens is 1. The largest absolute Gasteiger partial charge is 0.493 e. The molecule has 0 bridgehead atoms. The molecule has 0 saturated carbocycles. The number of ether oxygens (including phenoxy) is 4. The second-order valence-corrected chi connectivity index (χ2v) is 7.27. The Balaban J connectivity index is 1.70. The van der Waals surface area contributed by atoms with Crippen LogP contribution in [0.3, 0.4) is 0 Å². The third kappa shape index (κ3) is 5.21. The minimum Gasteiger partial charge on any atom is -0.493 e. The predicted molar refractivity (Wildman–Crippen MR) is 113 cm³/mol. The Kier molecular flexibility index (Phi) is 7.90. The summed E-state index contributed by atoms with van der Waals surface area (Å²) >= 11 is 0. The molecule has 0 radical (unpaired) electrons. The summed E-state index contributed by atoms with van der Waals surface area (Å²) in [7, 11) is 4.74. The second-order valence-electron chi connectivity index (χ2n) is 7.27. The standard InChI is InChI=1S/C23H30N2O5/c1-27-19-8-6-17(22(28-2)23(19)29-3)7-9-20(26)25-21(16-10-13-30-14-11-16)18-5-4-12-24-15-18/h4-6,8,12,15-16,21H,7,9-11,13-14H2,1-3H3,(H,25,26). The molecule has 162 valence electrons. The Hall–Kier alpha value is -2.80. The summed E-state index contributed by atoms with van der Waals surface area (Å²) in [5, 5.41) is 3.23. The minimum atomic E-state index is -0.0672. The van der Waals surface area contributed by atoms with Crippen LogP contribution in [0.15, 0.2) is 36.7 Å². The monoisotopic (exact) mass is 414 g/mol. The van der Waals surface area contributed by atoms with E-state index in [2.05, 4.69) is 10.3 Å². The molecule has 1 amide bonds. The lowest BCUT2D eigenvalue weighted by Gasteiger charge is -2.31. The molecule has 2 aromatic rings. The number of nitrogens with one attached hydrogen (secondary N) is 1. The Labute approximate surface area is 177 Å². The fourth-order valence-corrected chi connectivity index (χ4v) is 3.94. The molecule has 7 heteroatoms. The highest BCUT2D eigenvalue weighted by molar-refractivity contribution is 5.77. The average molecular weight is 415 g/mol. The van der Waals surface area contributed by atoms with Gasteiger partial charge in [-0.3, -0.25) is 9.78 Å². The number of benzene rings is 1. The van der Waals surface area contributed by atoms with Crippen LogP contribution >= 0.6 is 0 Å². The first-order valence-corrected chi connectivity index (χ1v) is 10.2. The lowest BCUT2D eigenvalue weighted by Crippen LogP contribution is -2.36. The molecule has 30 heavy (non-hydrogen) atoms. The number of nitrogens with zero attached hydrogens (tertiary/aromatic N) is 1. The summed E-state index contributed by atoms with van der Waals surface area (Å²) < 4.78 is 21.8. The van der Waals surface area contributed by atoms with Crippen molar-refractivity contribution in [1.29, 1.82) is 0 Å². The summed E-state index contributed by atoms with van der Waals surface area (Å²) in [6, 6.07) is 7.59. The van der Waals surface area contributed by atoms with Gasteiger partial charge in [-0.1, -0.05) is 12.1 Å². The van der Waals surface area contributed by atoms with E-state index in [-0.39, 0.29) is 11.9 Å². The van der Waals surface area contributed by atoms with E-state index in [0.29, 0.717) is 36.0 Å². The van der Waals surface area contributed by atoms with Gasteiger partial charge in [0.05, 0.1) is 27.4 Å². The molecule has 1 unspecified atom stereocenters. The Morgan fingerprint density at radius 1 is 1.13 bits per heavy atom. The van der Waals surface area contributed by atoms with Crippen LogP contribution < -0.4 is 19.5 Å². The third-order valence-corrected chi connectivity index (χ3v) is 5.50. The molecule has 3 rings (SSSR count). The lowest BCUT2D eigenvalue weighted by atomic mass is 9.87. The zero-order chi connectivity index (χ0) is 21.3. The molecule has 1 aliphatic heterocycles. The van der Waals surface area contributed by atoms with Gasteiger partial charge < -0.3 is 24.3 Å². The second kappa shape index (κ2) is 10.8. The van der Waals surface area contributed by atoms with Gasteiger partial charge in [0.1, 0.15) is 0 Å². The fourth-order valence-electron chi connectivity index (χ4n) is 3.94. The van der Waals surface area contributed by atoms with Gasteiger partial charge in [-0.05, 0) is 48.4 Å². The molecule has 2 heterocycles. The molecule has 0 aliphatic carbocycles. The van der Waals surface area contributed by atoms with Crippen LogP contribution in [0.25, 0.3) is 0 Å². The Morgan fingerprint density at radius 2 is 1.90 bits per heavy atom. The van der Waals surface area contributed by atoms with Crippen molar-refractivity contribution in [3.05, 3.63) is 47.8 Å². The van der Waals surface area contributed by atoms with Crippen LogP contribution in [0.2, 0.25) is 0 Å². The van der Waals surface area contributed by atoms with Gasteiger partial charge in [-0.2, -0.15) is 0 Å². The highest BCUT2D eigenvalue weighted by atomic mass is 16.5. The minimum absolute atomic E-state index is 0.00724. The third-order valence-electron chi connectivity index (χ3n) is 5.50. The summed E-state index contributed by atoms with van der Waals surface area (Å²) in [5.74, 6) is 2.06. The number of pyridine rings is 1. The highest BCUT2D eigenvalue weighted by Gasteiger charge is 2.27. The van der Waals surface area contributed by atoms with E-state index < -0.39 is 0 Å². The van der Waals surface area contributed by atoms with E-state index in [1.807, 2.05) is 30.5 Å². The van der Waals surface area contributed by atoms with Crippen LogP contribution in [0.5, 0.6) is 17.2 Å². The Morgan fingerprint density at radius 3 is 2.53 bits per heavy atom. The number of methoxy groups -OCH3 is 3. The van der Waals surface area contributed by atoms with E-state index >= 15 is 0 Å². The molecule has 1 aromatic heterocycles. The molecule has 1 aliphatic rings. The predicted octanol–water partition coefficient (Wildman–Crippen LogP) is 3.32. The number of hydrogen-bond acceptors (Lipinski definition) is 6. The van der Waals surface area contributed by atoms with Crippen LogP contribution in [0, 0.1) is 5.92 Å². The van der Waals surface area contributed by atoms with Gasteiger partial charge in [-0.15, -0.1) is 0 Å². The van der Waals surface area contributed by atoms with Crippen LogP contribution in [0.4, 0.5) is 0 Å². The van der Waals surface area contributed by atoms with Crippen molar-refractivity contribution >= 4 is 5.91 Å². The van der Waals surface area contributed by atoms with Crippen LogP contribution in [0.1, 0.15) is 36.4 Å². The van der Waals surface area contributed by atoms with E-state index in [1.54, 1.807) is 27.5 Å². The van der Waals surface area contributed by atoms with Gasteiger partial charge in [0.15, 0.2) is 11.5 Å². The van der Waals surface area contributed by atoms with Crippen molar-refractivity contribution in [2.24, 2.45) is 5.92 Å². The van der Waals surface area contributed by atoms with Crippen molar-refractivity contribution in [2.75, 3.05) is 34.5 Å². The lowest BCUT2D eigenvalue weighted by molar-refractivity contribution is -0.122. The maximum Gasteiger partial charge on any atom is 0.220 e. The number of carbonyl (C=O) groups excluding carboxylic acids is 1. The molecular weight excluding hydrogens is 384 g/mol. The van der Waals surface area contributed by atoms with E-state index in [0.717, 1.165) is 37.2 Å². The summed E-state index contributed by atoms with van der Waals surface area (Å²) in [4.78, 5) is 17.1. The van der Waals surface area contributed by atoms with Crippen molar-refractivity contribution in [1.82, 2.24) is 10.3 Å². The van der Waals surface area contributed by atoms with Gasteiger partial charge in [0, 0.05) is 32.0 Å². The van der Waals surface area contributed by atoms with Crippen LogP contribution in [-0.4, -0.2) is 45.4 Å². The quantitative estimate of drug-likeness (QED) is 0.678. The summed E-state index contributed by atoms with van der Waals surface area (Å²) in [5.41, 5.74) is 1.93. The van der Waals surface area contributed by atoms with Crippen molar-refractivity contribution in [3.8, 4) is 17.2 Å². The SMILES string of the molecule is COc1ccc(CCC(=O)NC(c2cccnc2)C2CCOCC2)c(OC)c1OC. The normalized spacial score (nSPS) is 15.3. The summed E-state index contributed by atoms with van der Waals surface area (Å²) in [6.45, 7) is 1.44. The fraction of sp³-hybridized carbons (Fsp3) is 0.478. The topological polar surface area (TPSA) is 78.9 Å². The van der Waals surface area contributed by atoms with Gasteiger partial charge in [-0.25, -0.2) is 0 Å². The average Bonchev–Trinajstić information content (AvgIpc) is 2.81. The molecule has 1 fully saturated rings. The highest BCUT2D eigenvalue weighted by Crippen LogP contribution is 2.40. The smallest absolute Gasteiger partial charge is 0.220 e. The maximum atomic E-state index is 12.9. The number of amides is 1. The molecule has 1 saturated heterocycles. The molecule has 1 aromatic carbocycles. The molecular formula is C23H30N2O5. The maximum absolute atomic E-state index is 12.9. The first kappa shape index (κ1) is 21.9. The first-order valence-electron chi connectivity index (χ1n) is 10.2. The zero-order valence-corrected chi connectivity index (χ0v) is 17.8. The van der Waals surface area contributed by atoms with Crippen LogP contribution in [-0.2, 0) is 16.0 Å². The van der Waals surface area contributed by atoms with E-state index in [4.69, 9.17) is 18.9 Å². The Bertz CT molecular complexity index is 822. The van der Waals surface area contributed by atoms with Crippen molar-refractivity contribution in [2.45, 2.75) is 31.7 Å². The van der Waals surface area contributed by atoms with Crippen molar-refractivity contribution in [3.63, 3.8) is 0 Å². The number of aryl methyl sites for hydroxylation is 1. The van der Waals surface area contributed by atoms with Gasteiger partial charge in [0.2, 0.25) is 11.7 Å².